The molecular formula is C71H129NO13. The predicted octanol–water partition coefficient (Wildman–Crippen LogP) is 14.1. The number of allylic oxidation sites excluding steroid dienone is 9. The fourth-order valence-electron chi connectivity index (χ4n) is 11.4. The van der Waals surface area contributed by atoms with E-state index < -0.39 is 86.8 Å². The second kappa shape index (κ2) is 55.7. The van der Waals surface area contributed by atoms with Gasteiger partial charge in [0, 0.05) is 6.42 Å². The first-order valence-corrected chi connectivity index (χ1v) is 35.0. The summed E-state index contributed by atoms with van der Waals surface area (Å²) < 4.78 is 22.9. The Morgan fingerprint density at radius 2 is 0.812 bits per heavy atom. The molecule has 0 saturated carbocycles. The molecular weight excluding hydrogens is 1070 g/mol. The molecule has 496 valence electrons. The maximum atomic E-state index is 13.3. The summed E-state index contributed by atoms with van der Waals surface area (Å²) in [5, 5.41) is 87.4. The molecule has 14 nitrogen and oxygen atoms in total. The molecule has 2 aliphatic rings. The van der Waals surface area contributed by atoms with Gasteiger partial charge in [-0.1, -0.05) is 286 Å². The highest BCUT2D eigenvalue weighted by atomic mass is 16.7. The van der Waals surface area contributed by atoms with Crippen molar-refractivity contribution in [3.8, 4) is 0 Å². The van der Waals surface area contributed by atoms with E-state index in [1.165, 1.54) is 199 Å². The smallest absolute Gasteiger partial charge is 0.220 e. The van der Waals surface area contributed by atoms with Crippen LogP contribution >= 0.6 is 0 Å². The lowest BCUT2D eigenvalue weighted by molar-refractivity contribution is -0.359. The van der Waals surface area contributed by atoms with Gasteiger partial charge in [0.25, 0.3) is 0 Å². The topological polar surface area (TPSA) is 228 Å². The van der Waals surface area contributed by atoms with Crippen molar-refractivity contribution >= 4 is 5.91 Å². The van der Waals surface area contributed by atoms with Crippen molar-refractivity contribution in [1.82, 2.24) is 5.32 Å². The van der Waals surface area contributed by atoms with Gasteiger partial charge >= 0.3 is 0 Å². The molecule has 1 amide bonds. The summed E-state index contributed by atoms with van der Waals surface area (Å²) in [5.74, 6) is -0.236. The maximum absolute atomic E-state index is 13.3. The Morgan fingerprint density at radius 1 is 0.435 bits per heavy atom. The zero-order chi connectivity index (χ0) is 61.6. The molecule has 0 aromatic rings. The first kappa shape index (κ1) is 78.8. The van der Waals surface area contributed by atoms with Gasteiger partial charge in [-0.3, -0.25) is 4.79 Å². The summed E-state index contributed by atoms with van der Waals surface area (Å²) in [6.45, 7) is 2.72. The van der Waals surface area contributed by atoms with E-state index in [1.807, 2.05) is 6.08 Å². The number of carbonyl (C=O) groups is 1. The monoisotopic (exact) mass is 1200 g/mol. The second-order valence-electron chi connectivity index (χ2n) is 24.6. The van der Waals surface area contributed by atoms with Crippen LogP contribution in [0.2, 0.25) is 0 Å². The second-order valence-corrected chi connectivity index (χ2v) is 24.6. The quantitative estimate of drug-likeness (QED) is 0.0204. The third kappa shape index (κ3) is 40.1. The molecule has 2 fully saturated rings. The van der Waals surface area contributed by atoms with Crippen LogP contribution in [0.15, 0.2) is 60.8 Å². The highest BCUT2D eigenvalue weighted by Crippen LogP contribution is 2.30. The molecule has 2 saturated heterocycles. The summed E-state index contributed by atoms with van der Waals surface area (Å²) in [6.07, 6.45) is 57.0. The number of unbranched alkanes of at least 4 members (excludes halogenated alkanes) is 36. The van der Waals surface area contributed by atoms with E-state index in [1.54, 1.807) is 6.08 Å². The van der Waals surface area contributed by atoms with Crippen molar-refractivity contribution < 1.29 is 64.6 Å². The minimum absolute atomic E-state index is 0.236. The molecule has 0 bridgehead atoms. The van der Waals surface area contributed by atoms with Crippen molar-refractivity contribution in [3.05, 3.63) is 60.8 Å². The lowest BCUT2D eigenvalue weighted by Crippen LogP contribution is -2.65. The van der Waals surface area contributed by atoms with Crippen molar-refractivity contribution in [2.24, 2.45) is 0 Å². The Bertz CT molecular complexity index is 1660. The average molecular weight is 1200 g/mol. The first-order chi connectivity index (χ1) is 41.6. The number of hydrogen-bond donors (Lipinski definition) is 9. The number of amides is 1. The zero-order valence-electron chi connectivity index (χ0n) is 53.8. The molecule has 0 aliphatic carbocycles. The molecule has 0 spiro atoms. The van der Waals surface area contributed by atoms with E-state index in [-0.39, 0.29) is 18.9 Å². The normalized spacial score (nSPS) is 23.9. The molecule has 85 heavy (non-hydrogen) atoms. The number of hydrogen-bond acceptors (Lipinski definition) is 13. The molecule has 0 radical (unpaired) electrons. The van der Waals surface area contributed by atoms with Crippen LogP contribution in [0.25, 0.3) is 0 Å². The average Bonchev–Trinajstić information content (AvgIpc) is 3.68. The number of carbonyl (C=O) groups excluding carboxylic acids is 1. The Kier molecular flexibility index (Phi) is 51.7. The number of ether oxygens (including phenoxy) is 4. The fraction of sp³-hybridized carbons (Fsp3) is 0.845. The lowest BCUT2D eigenvalue weighted by Gasteiger charge is -2.46. The largest absolute Gasteiger partial charge is 0.394 e. The lowest BCUT2D eigenvalue weighted by atomic mass is 9.97. The summed E-state index contributed by atoms with van der Waals surface area (Å²) in [4.78, 5) is 13.3. The summed E-state index contributed by atoms with van der Waals surface area (Å²) >= 11 is 0. The molecule has 12 atom stereocenters. The van der Waals surface area contributed by atoms with Crippen molar-refractivity contribution in [2.75, 3.05) is 19.8 Å². The summed E-state index contributed by atoms with van der Waals surface area (Å²) in [6, 6.07) is -0.916. The van der Waals surface area contributed by atoms with Crippen LogP contribution in [0.3, 0.4) is 0 Å². The van der Waals surface area contributed by atoms with E-state index in [2.05, 4.69) is 67.8 Å². The molecule has 2 rings (SSSR count). The highest BCUT2D eigenvalue weighted by molar-refractivity contribution is 5.76. The van der Waals surface area contributed by atoms with Crippen molar-refractivity contribution in [1.29, 1.82) is 0 Å². The van der Waals surface area contributed by atoms with Crippen LogP contribution < -0.4 is 5.32 Å². The summed E-state index contributed by atoms with van der Waals surface area (Å²) in [5.41, 5.74) is 0. The number of aliphatic hydroxyl groups is 8. The molecule has 0 aromatic heterocycles. The molecule has 0 aromatic carbocycles. The minimum Gasteiger partial charge on any atom is -0.394 e. The van der Waals surface area contributed by atoms with Gasteiger partial charge in [0.15, 0.2) is 12.6 Å². The van der Waals surface area contributed by atoms with Crippen LogP contribution in [-0.4, -0.2) is 140 Å². The van der Waals surface area contributed by atoms with Gasteiger partial charge in [0.05, 0.1) is 32.0 Å². The van der Waals surface area contributed by atoms with Crippen LogP contribution in [0, 0.1) is 0 Å². The molecule has 9 N–H and O–H groups in total. The number of aliphatic hydroxyl groups excluding tert-OH is 8. The SMILES string of the molecule is CC/C=C\C/C=C\C/C=C\C/C=C\CCCCCCCCCCCCCCCCCCCCC(=O)NC(COC1OC(CO)C(OC2OC(CO)C(O)C(O)C2O)C(O)C1O)C(O)/C=C/CCCCCCCCCCCCCCCCCCCC. The van der Waals surface area contributed by atoms with E-state index in [9.17, 15) is 45.6 Å². The predicted molar refractivity (Wildman–Crippen MR) is 346 cm³/mol. The third-order valence-electron chi connectivity index (χ3n) is 17.0. The molecule has 14 heteroatoms. The fourth-order valence-corrected chi connectivity index (χ4v) is 11.4. The van der Waals surface area contributed by atoms with E-state index in [0.29, 0.717) is 6.42 Å². The zero-order valence-corrected chi connectivity index (χ0v) is 53.8. The van der Waals surface area contributed by atoms with Gasteiger partial charge in [-0.2, -0.15) is 0 Å². The first-order valence-electron chi connectivity index (χ1n) is 35.0. The minimum atomic E-state index is -1.79. The van der Waals surface area contributed by atoms with Gasteiger partial charge in [0.1, 0.15) is 48.8 Å². The highest BCUT2D eigenvalue weighted by Gasteiger charge is 2.51. The van der Waals surface area contributed by atoms with Crippen LogP contribution in [-0.2, 0) is 23.7 Å². The summed E-state index contributed by atoms with van der Waals surface area (Å²) in [7, 11) is 0. The maximum Gasteiger partial charge on any atom is 0.220 e. The van der Waals surface area contributed by atoms with Crippen LogP contribution in [0.4, 0.5) is 0 Å². The van der Waals surface area contributed by atoms with Crippen LogP contribution in [0.1, 0.15) is 290 Å². The molecule has 12 unspecified atom stereocenters. The van der Waals surface area contributed by atoms with Crippen LogP contribution in [0.5, 0.6) is 0 Å². The number of rotatable bonds is 57. The standard InChI is InChI=1S/C71H129NO13/c1-3-5-7-9-11-13-15-17-19-21-23-25-26-27-28-29-30-31-32-33-34-35-37-39-41-43-45-47-49-51-53-55-63(76)72-59(60(75)54-52-50-48-46-44-42-40-38-36-24-22-20-18-16-14-12-10-8-6-4-2)58-82-70-68(81)66(79)69(62(57-74)84-70)85-71-67(80)65(78)64(77)61(56-73)83-71/h5,7,11,13,17,19,23,25,52,54,59-62,64-71,73-75,77-81H,3-4,6,8-10,12,14-16,18,20-22,24,26-51,53,55-58H2,1-2H3,(H,72,76)/b7-5-,13-11-,19-17-,25-23-,54-52+. The van der Waals surface area contributed by atoms with Crippen molar-refractivity contribution in [3.63, 3.8) is 0 Å². The van der Waals surface area contributed by atoms with Gasteiger partial charge in [-0.25, -0.2) is 0 Å². The van der Waals surface area contributed by atoms with Gasteiger partial charge in [0.2, 0.25) is 5.91 Å². The van der Waals surface area contributed by atoms with Gasteiger partial charge in [-0.15, -0.1) is 0 Å². The Hall–Kier alpha value is -2.31. The number of nitrogens with one attached hydrogen (secondary N) is 1. The molecule has 2 aliphatic heterocycles. The Labute approximate surface area is 517 Å². The van der Waals surface area contributed by atoms with E-state index in [4.69, 9.17) is 18.9 Å². The van der Waals surface area contributed by atoms with Gasteiger partial charge in [-0.05, 0) is 57.8 Å². The Morgan fingerprint density at radius 3 is 1.25 bits per heavy atom. The Balaban J connectivity index is 1.66. The van der Waals surface area contributed by atoms with Crippen molar-refractivity contribution in [2.45, 2.75) is 364 Å². The van der Waals surface area contributed by atoms with E-state index in [0.717, 1.165) is 64.2 Å². The molecule has 2 heterocycles. The third-order valence-corrected chi connectivity index (χ3v) is 17.0. The van der Waals surface area contributed by atoms with E-state index >= 15 is 0 Å². The van der Waals surface area contributed by atoms with Gasteiger partial charge < -0.3 is 65.1 Å².